The Morgan fingerprint density at radius 2 is 1.63 bits per heavy atom. The maximum atomic E-state index is 14.1. The van der Waals surface area contributed by atoms with E-state index in [2.05, 4.69) is 56.1 Å². The molecule has 2 atom stereocenters. The molecule has 9 heteroatoms. The van der Waals surface area contributed by atoms with Gasteiger partial charge >= 0.3 is 5.97 Å². The summed E-state index contributed by atoms with van der Waals surface area (Å²) in [6.45, 7) is 15.4. The zero-order chi connectivity index (χ0) is 33.1. The second-order valence-electron chi connectivity index (χ2n) is 13.9. The summed E-state index contributed by atoms with van der Waals surface area (Å²) >= 11 is 0. The zero-order valence-electron chi connectivity index (χ0n) is 27.9. The molecule has 1 aliphatic rings. The highest BCUT2D eigenvalue weighted by atomic mass is 19.1. The fourth-order valence-electron chi connectivity index (χ4n) is 6.69. The van der Waals surface area contributed by atoms with Gasteiger partial charge in [-0.3, -0.25) is 4.79 Å². The molecule has 0 radical (unpaired) electrons. The molecule has 5 rings (SSSR count). The van der Waals surface area contributed by atoms with Crippen LogP contribution in [0.1, 0.15) is 67.7 Å². The van der Waals surface area contributed by atoms with Crippen LogP contribution >= 0.6 is 0 Å². The maximum absolute atomic E-state index is 14.1. The van der Waals surface area contributed by atoms with Crippen LogP contribution in [0.4, 0.5) is 4.39 Å². The van der Waals surface area contributed by atoms with Crippen LogP contribution in [-0.4, -0.2) is 50.1 Å². The van der Waals surface area contributed by atoms with Gasteiger partial charge in [0.2, 0.25) is 0 Å². The van der Waals surface area contributed by atoms with Crippen molar-refractivity contribution in [3.05, 3.63) is 79.0 Å². The molecule has 0 unspecified atom stereocenters. The van der Waals surface area contributed by atoms with Gasteiger partial charge in [-0.1, -0.05) is 71.9 Å². The third-order valence-corrected chi connectivity index (χ3v) is 8.48. The SMILES string of the molecule is CCOC(=O)C[C@@H]1C[C@H](CCn2c(-c3ccccc3)nc(-c3ccncn3)c2-c2ccc(F)cc2)OC(C(C)(C)C)(C(C)(C)C)O1. The molecule has 4 aromatic rings. The summed E-state index contributed by atoms with van der Waals surface area (Å²) in [6.07, 6.45) is 3.89. The van der Waals surface area contributed by atoms with Crippen LogP contribution < -0.4 is 0 Å². The molecule has 8 nitrogen and oxygen atoms in total. The van der Waals surface area contributed by atoms with E-state index in [9.17, 15) is 9.18 Å². The molecular formula is C37H45FN4O4. The molecule has 1 saturated heterocycles. The Kier molecular flexibility index (Phi) is 9.75. The standard InChI is InChI=1S/C37H45FN4O4/c1-8-44-31(43)23-29-22-28(45-37(46-29,35(2,3)4)36(5,6)7)19-21-42-33(25-14-16-27(38)17-15-25)32(30-18-20-39-24-40-30)41-34(42)26-12-10-9-11-13-26/h9-18,20,24,28-29H,8,19,21-23H2,1-7H3/t28-,29-/m0/s1. The predicted molar refractivity (Wildman–Crippen MR) is 176 cm³/mol. The average Bonchev–Trinajstić information content (AvgIpc) is 3.39. The number of nitrogens with zero attached hydrogens (tertiary/aromatic N) is 4. The largest absolute Gasteiger partial charge is 0.466 e. The second kappa shape index (κ2) is 13.4. The summed E-state index contributed by atoms with van der Waals surface area (Å²) in [7, 11) is 0. The Morgan fingerprint density at radius 1 is 0.957 bits per heavy atom. The van der Waals surface area contributed by atoms with Gasteiger partial charge in [-0.25, -0.2) is 19.3 Å². The van der Waals surface area contributed by atoms with Gasteiger partial charge in [0.15, 0.2) is 5.79 Å². The lowest BCUT2D eigenvalue weighted by atomic mass is 9.69. The molecule has 0 N–H and O–H groups in total. The third-order valence-electron chi connectivity index (χ3n) is 8.48. The highest BCUT2D eigenvalue weighted by Crippen LogP contribution is 2.52. The van der Waals surface area contributed by atoms with Gasteiger partial charge in [0, 0.05) is 41.1 Å². The first-order valence-electron chi connectivity index (χ1n) is 16.0. The second-order valence-corrected chi connectivity index (χ2v) is 13.9. The molecule has 0 bridgehead atoms. The van der Waals surface area contributed by atoms with Gasteiger partial charge in [0.05, 0.1) is 36.6 Å². The lowest BCUT2D eigenvalue weighted by Gasteiger charge is -2.57. The Morgan fingerprint density at radius 3 is 2.24 bits per heavy atom. The first-order chi connectivity index (χ1) is 21.8. The number of imidazole rings is 1. The summed E-state index contributed by atoms with van der Waals surface area (Å²) < 4.78 is 35.4. The number of hydrogen-bond donors (Lipinski definition) is 0. The van der Waals surface area contributed by atoms with Gasteiger partial charge in [-0.15, -0.1) is 0 Å². The van der Waals surface area contributed by atoms with E-state index >= 15 is 0 Å². The molecule has 0 saturated carbocycles. The third kappa shape index (κ3) is 6.90. The lowest BCUT2D eigenvalue weighted by Crippen LogP contribution is -2.63. The number of ether oxygens (including phenoxy) is 3. The number of carbonyl (C=O) groups is 1. The van der Waals surface area contributed by atoms with Gasteiger partial charge in [-0.2, -0.15) is 0 Å². The first-order valence-corrected chi connectivity index (χ1v) is 16.0. The molecule has 2 aromatic heterocycles. The molecule has 3 heterocycles. The van der Waals surface area contributed by atoms with Crippen molar-refractivity contribution in [2.75, 3.05) is 6.61 Å². The minimum atomic E-state index is -0.969. The number of halogens is 1. The Hall–Kier alpha value is -3.95. The van der Waals surface area contributed by atoms with Gasteiger partial charge in [0.1, 0.15) is 23.7 Å². The summed E-state index contributed by atoms with van der Waals surface area (Å²) in [5.74, 6) is -0.797. The van der Waals surface area contributed by atoms with E-state index in [1.165, 1.54) is 18.5 Å². The van der Waals surface area contributed by atoms with E-state index in [-0.39, 0.29) is 30.4 Å². The van der Waals surface area contributed by atoms with E-state index in [0.29, 0.717) is 37.4 Å². The number of rotatable bonds is 9. The van der Waals surface area contributed by atoms with Crippen molar-refractivity contribution in [3.8, 4) is 34.0 Å². The Balaban J connectivity index is 1.60. The minimum absolute atomic E-state index is 0.153. The van der Waals surface area contributed by atoms with Gasteiger partial charge < -0.3 is 18.8 Å². The number of esters is 1. The topological polar surface area (TPSA) is 88.4 Å². The Bertz CT molecular complexity index is 1600. The van der Waals surface area contributed by atoms with E-state index in [1.54, 1.807) is 18.3 Å². The number of aromatic nitrogens is 4. The smallest absolute Gasteiger partial charge is 0.308 e. The predicted octanol–water partition coefficient (Wildman–Crippen LogP) is 8.12. The van der Waals surface area contributed by atoms with Crippen LogP contribution in [0, 0.1) is 16.6 Å². The Labute approximate surface area is 271 Å². The summed E-state index contributed by atoms with van der Waals surface area (Å²) in [5.41, 5.74) is 3.13. The van der Waals surface area contributed by atoms with Gasteiger partial charge in [-0.05, 0) is 43.7 Å². The molecule has 0 aliphatic carbocycles. The van der Waals surface area contributed by atoms with Crippen LogP contribution in [-0.2, 0) is 25.5 Å². The monoisotopic (exact) mass is 628 g/mol. The quantitative estimate of drug-likeness (QED) is 0.173. The van der Waals surface area contributed by atoms with Crippen LogP contribution in [0.5, 0.6) is 0 Å². The van der Waals surface area contributed by atoms with E-state index in [0.717, 1.165) is 22.6 Å². The van der Waals surface area contributed by atoms with Crippen molar-refractivity contribution >= 4 is 5.97 Å². The fraction of sp³-hybridized carbons (Fsp3) is 0.459. The highest BCUT2D eigenvalue weighted by molar-refractivity contribution is 5.80. The van der Waals surface area contributed by atoms with Gasteiger partial charge in [0.25, 0.3) is 0 Å². The summed E-state index contributed by atoms with van der Waals surface area (Å²) in [4.78, 5) is 26.5. The number of hydrogen-bond acceptors (Lipinski definition) is 7. The number of benzene rings is 2. The van der Waals surface area contributed by atoms with Crippen molar-refractivity contribution in [2.45, 2.75) is 92.3 Å². The van der Waals surface area contributed by atoms with Crippen LogP contribution in [0.15, 0.2) is 73.2 Å². The normalized spacial score (nSPS) is 18.3. The van der Waals surface area contributed by atoms with Crippen LogP contribution in [0.3, 0.4) is 0 Å². The minimum Gasteiger partial charge on any atom is -0.466 e. The number of carbonyl (C=O) groups excluding carboxylic acids is 1. The molecule has 244 valence electrons. The van der Waals surface area contributed by atoms with Crippen molar-refractivity contribution in [1.82, 2.24) is 19.5 Å². The average molecular weight is 629 g/mol. The van der Waals surface area contributed by atoms with E-state index in [4.69, 9.17) is 19.2 Å². The maximum Gasteiger partial charge on any atom is 0.308 e. The molecule has 1 aliphatic heterocycles. The van der Waals surface area contributed by atoms with Crippen molar-refractivity contribution < 1.29 is 23.4 Å². The van der Waals surface area contributed by atoms with Crippen molar-refractivity contribution in [1.29, 1.82) is 0 Å². The molecule has 0 spiro atoms. The van der Waals surface area contributed by atoms with E-state index in [1.807, 2.05) is 43.3 Å². The van der Waals surface area contributed by atoms with Crippen molar-refractivity contribution in [2.24, 2.45) is 10.8 Å². The first kappa shape index (κ1) is 33.4. The molecule has 0 amide bonds. The molecule has 46 heavy (non-hydrogen) atoms. The zero-order valence-corrected chi connectivity index (χ0v) is 27.9. The fourth-order valence-corrected chi connectivity index (χ4v) is 6.69. The van der Waals surface area contributed by atoms with Crippen LogP contribution in [0.2, 0.25) is 0 Å². The van der Waals surface area contributed by atoms with E-state index < -0.39 is 16.6 Å². The lowest BCUT2D eigenvalue weighted by molar-refractivity contribution is -0.396. The highest BCUT2D eigenvalue weighted by Gasteiger charge is 2.58. The molecule has 1 fully saturated rings. The summed E-state index contributed by atoms with van der Waals surface area (Å²) in [6, 6.07) is 18.3. The molecule has 2 aromatic carbocycles. The van der Waals surface area contributed by atoms with Crippen molar-refractivity contribution in [3.63, 3.8) is 0 Å². The summed E-state index contributed by atoms with van der Waals surface area (Å²) in [5, 5.41) is 0. The van der Waals surface area contributed by atoms with Crippen LogP contribution in [0.25, 0.3) is 34.0 Å². The molecular weight excluding hydrogens is 583 g/mol.